The fourth-order valence-electron chi connectivity index (χ4n) is 3.67. The van der Waals surface area contributed by atoms with Gasteiger partial charge < -0.3 is 14.8 Å². The van der Waals surface area contributed by atoms with Crippen molar-refractivity contribution in [2.75, 3.05) is 11.9 Å². The normalized spacial score (nSPS) is 15.9. The van der Waals surface area contributed by atoms with Gasteiger partial charge in [0.2, 0.25) is 5.95 Å². The molecule has 0 bridgehead atoms. The molecule has 156 valence electrons. The average Bonchev–Trinajstić information content (AvgIpc) is 3.06. The Balaban J connectivity index is 2.01. The van der Waals surface area contributed by atoms with Crippen LogP contribution in [-0.2, 0) is 9.53 Å². The van der Waals surface area contributed by atoms with Gasteiger partial charge in [-0.1, -0.05) is 23.7 Å². The van der Waals surface area contributed by atoms with Crippen LogP contribution in [0.3, 0.4) is 0 Å². The highest BCUT2D eigenvalue weighted by molar-refractivity contribution is 6.30. The number of nitrogens with one attached hydrogen (secondary N) is 1. The van der Waals surface area contributed by atoms with Crippen LogP contribution in [0.5, 0.6) is 5.75 Å². The Hall–Kier alpha value is -3.13. The van der Waals surface area contributed by atoms with E-state index in [0.717, 1.165) is 0 Å². The number of benzene rings is 2. The molecule has 1 N–H and O–H groups in total. The molecule has 30 heavy (non-hydrogen) atoms. The minimum Gasteiger partial charge on any atom is -0.463 e. The van der Waals surface area contributed by atoms with Crippen LogP contribution in [0.4, 0.5) is 14.7 Å². The Morgan fingerprint density at radius 2 is 2.07 bits per heavy atom. The summed E-state index contributed by atoms with van der Waals surface area (Å²) in [4.78, 5) is 17.5. The van der Waals surface area contributed by atoms with Crippen molar-refractivity contribution in [1.82, 2.24) is 9.55 Å². The van der Waals surface area contributed by atoms with Gasteiger partial charge in [-0.05, 0) is 44.2 Å². The number of hydrogen-bond donors (Lipinski definition) is 1. The summed E-state index contributed by atoms with van der Waals surface area (Å²) in [6.07, 6.45) is 0. The number of anilines is 1. The summed E-state index contributed by atoms with van der Waals surface area (Å²) in [6, 6.07) is 10.8. The zero-order valence-electron chi connectivity index (χ0n) is 16.2. The van der Waals surface area contributed by atoms with E-state index in [0.29, 0.717) is 33.3 Å². The first-order valence-corrected chi connectivity index (χ1v) is 9.64. The third-order valence-electron chi connectivity index (χ3n) is 4.81. The van der Waals surface area contributed by atoms with Gasteiger partial charge in [-0.3, -0.25) is 4.57 Å². The molecule has 1 atom stereocenters. The van der Waals surface area contributed by atoms with E-state index in [1.54, 1.807) is 18.4 Å². The van der Waals surface area contributed by atoms with Crippen LogP contribution in [0.2, 0.25) is 5.02 Å². The molecule has 0 saturated carbocycles. The molecule has 4 rings (SSSR count). The molecule has 1 aliphatic rings. The van der Waals surface area contributed by atoms with Crippen molar-refractivity contribution in [2.45, 2.75) is 26.5 Å². The largest absolute Gasteiger partial charge is 0.463 e. The van der Waals surface area contributed by atoms with Crippen molar-refractivity contribution in [3.8, 4) is 5.75 Å². The van der Waals surface area contributed by atoms with Gasteiger partial charge in [-0.2, -0.15) is 8.78 Å². The van der Waals surface area contributed by atoms with Crippen LogP contribution in [0.25, 0.3) is 11.0 Å². The van der Waals surface area contributed by atoms with Crippen molar-refractivity contribution >= 4 is 34.6 Å². The number of imidazole rings is 1. The van der Waals surface area contributed by atoms with Gasteiger partial charge in [0.15, 0.2) is 0 Å². The number of esters is 1. The van der Waals surface area contributed by atoms with Crippen LogP contribution in [0.15, 0.2) is 53.7 Å². The molecule has 1 aliphatic heterocycles. The van der Waals surface area contributed by atoms with Crippen LogP contribution < -0.4 is 10.1 Å². The fourth-order valence-corrected chi connectivity index (χ4v) is 3.85. The second-order valence-corrected chi connectivity index (χ2v) is 7.08. The number of carbonyl (C=O) groups excluding carboxylic acids is 1. The molecule has 3 aromatic rings. The van der Waals surface area contributed by atoms with Gasteiger partial charge >= 0.3 is 12.6 Å². The van der Waals surface area contributed by atoms with Gasteiger partial charge in [0.05, 0.1) is 29.3 Å². The SMILES string of the molecule is CCOC(=O)C1=C(C)Nc2nc3ccccc3n2[C@@H]1c1cc(Cl)ccc1OC(F)F. The monoisotopic (exact) mass is 433 g/mol. The number of para-hydroxylation sites is 2. The highest BCUT2D eigenvalue weighted by Gasteiger charge is 2.37. The molecule has 0 fully saturated rings. The molecule has 0 amide bonds. The second-order valence-electron chi connectivity index (χ2n) is 6.64. The number of fused-ring (bicyclic) bond motifs is 3. The maximum Gasteiger partial charge on any atom is 0.387 e. The molecule has 9 heteroatoms. The summed E-state index contributed by atoms with van der Waals surface area (Å²) in [5.74, 6) is -0.187. The third-order valence-corrected chi connectivity index (χ3v) is 5.04. The molecular formula is C21H18ClF2N3O3. The lowest BCUT2D eigenvalue weighted by atomic mass is 9.94. The first-order chi connectivity index (χ1) is 14.4. The van der Waals surface area contributed by atoms with E-state index in [1.165, 1.54) is 18.2 Å². The van der Waals surface area contributed by atoms with Crippen LogP contribution >= 0.6 is 11.6 Å². The van der Waals surface area contributed by atoms with Gasteiger partial charge in [0.25, 0.3) is 0 Å². The number of halogens is 3. The smallest absolute Gasteiger partial charge is 0.387 e. The Bertz CT molecular complexity index is 1160. The van der Waals surface area contributed by atoms with Crippen molar-refractivity contribution in [2.24, 2.45) is 0 Å². The summed E-state index contributed by atoms with van der Waals surface area (Å²) in [7, 11) is 0. The molecule has 2 aromatic carbocycles. The highest BCUT2D eigenvalue weighted by atomic mass is 35.5. The molecule has 0 unspecified atom stereocenters. The number of alkyl halides is 2. The van der Waals surface area contributed by atoms with Crippen LogP contribution in [0, 0.1) is 0 Å². The second kappa shape index (κ2) is 7.95. The van der Waals surface area contributed by atoms with Crippen molar-refractivity contribution in [3.05, 3.63) is 64.3 Å². The number of aromatic nitrogens is 2. The minimum absolute atomic E-state index is 0.0837. The topological polar surface area (TPSA) is 65.4 Å². The number of rotatable bonds is 5. The molecule has 0 saturated heterocycles. The number of nitrogens with zero attached hydrogens (tertiary/aromatic N) is 2. The molecule has 0 spiro atoms. The summed E-state index contributed by atoms with van der Waals surface area (Å²) in [6.45, 7) is 0.527. The first kappa shape index (κ1) is 20.2. The van der Waals surface area contributed by atoms with Gasteiger partial charge in [-0.25, -0.2) is 9.78 Å². The van der Waals surface area contributed by atoms with E-state index in [1.807, 2.05) is 24.3 Å². The lowest BCUT2D eigenvalue weighted by Gasteiger charge is -2.31. The first-order valence-electron chi connectivity index (χ1n) is 9.26. The molecular weight excluding hydrogens is 416 g/mol. The van der Waals surface area contributed by atoms with E-state index < -0.39 is 18.6 Å². The predicted octanol–water partition coefficient (Wildman–Crippen LogP) is 5.14. The maximum atomic E-state index is 13.1. The van der Waals surface area contributed by atoms with Gasteiger partial charge in [0.1, 0.15) is 5.75 Å². The third kappa shape index (κ3) is 3.47. The number of hydrogen-bond acceptors (Lipinski definition) is 5. The minimum atomic E-state index is -3.04. The van der Waals surface area contributed by atoms with E-state index >= 15 is 0 Å². The number of ether oxygens (including phenoxy) is 2. The molecule has 0 radical (unpaired) electrons. The summed E-state index contributed by atoms with van der Waals surface area (Å²) in [5, 5.41) is 3.44. The standard InChI is InChI=1S/C21H18ClF2N3O3/c1-3-29-19(28)17-11(2)25-21-26-14-6-4-5-7-15(14)27(21)18(17)13-10-12(22)8-9-16(13)30-20(23)24/h4-10,18,20H,3H2,1-2H3,(H,25,26)/t18-/m1/s1. The van der Waals surface area contributed by atoms with Crippen LogP contribution in [-0.4, -0.2) is 28.7 Å². The van der Waals surface area contributed by atoms with E-state index in [2.05, 4.69) is 10.3 Å². The molecule has 0 aliphatic carbocycles. The average molecular weight is 434 g/mol. The predicted molar refractivity (Wildman–Crippen MR) is 109 cm³/mol. The lowest BCUT2D eigenvalue weighted by molar-refractivity contribution is -0.139. The van der Waals surface area contributed by atoms with E-state index in [4.69, 9.17) is 21.1 Å². The lowest BCUT2D eigenvalue weighted by Crippen LogP contribution is -2.29. The van der Waals surface area contributed by atoms with Crippen molar-refractivity contribution in [1.29, 1.82) is 0 Å². The maximum absolute atomic E-state index is 13.1. The molecule has 6 nitrogen and oxygen atoms in total. The van der Waals surface area contributed by atoms with Gasteiger partial charge in [-0.15, -0.1) is 0 Å². The summed E-state index contributed by atoms with van der Waals surface area (Å²) < 4.78 is 38.0. The van der Waals surface area contributed by atoms with Crippen LogP contribution in [0.1, 0.15) is 25.5 Å². The Kier molecular flexibility index (Phi) is 5.34. The van der Waals surface area contributed by atoms with E-state index in [9.17, 15) is 13.6 Å². The van der Waals surface area contributed by atoms with E-state index in [-0.39, 0.29) is 17.9 Å². The summed E-state index contributed by atoms with van der Waals surface area (Å²) in [5.41, 5.74) is 2.46. The number of allylic oxidation sites excluding steroid dienone is 1. The van der Waals surface area contributed by atoms with Crippen molar-refractivity contribution < 1.29 is 23.0 Å². The Labute approximate surface area is 176 Å². The number of carbonyl (C=O) groups is 1. The van der Waals surface area contributed by atoms with Gasteiger partial charge in [0, 0.05) is 16.3 Å². The van der Waals surface area contributed by atoms with Crippen molar-refractivity contribution in [3.63, 3.8) is 0 Å². The Morgan fingerprint density at radius 1 is 1.30 bits per heavy atom. The zero-order chi connectivity index (χ0) is 21.4. The molecule has 2 heterocycles. The Morgan fingerprint density at radius 3 is 2.80 bits per heavy atom. The highest BCUT2D eigenvalue weighted by Crippen LogP contribution is 2.43. The zero-order valence-corrected chi connectivity index (χ0v) is 16.9. The quantitative estimate of drug-likeness (QED) is 0.564. The fraction of sp³-hybridized carbons (Fsp3) is 0.238. The molecule has 1 aromatic heterocycles. The summed E-state index contributed by atoms with van der Waals surface area (Å²) >= 11 is 6.20.